The molecular weight excluding hydrogens is 360 g/mol. The minimum absolute atomic E-state index is 0.00888. The van der Waals surface area contributed by atoms with Gasteiger partial charge in [0.05, 0.1) is 23.5 Å². The number of aromatic nitrogens is 2. The van der Waals surface area contributed by atoms with E-state index in [0.717, 1.165) is 24.7 Å². The molecule has 0 bridgehead atoms. The van der Waals surface area contributed by atoms with Crippen molar-refractivity contribution >= 4 is 10.0 Å². The van der Waals surface area contributed by atoms with Crippen LogP contribution in [0.15, 0.2) is 59.9 Å². The van der Waals surface area contributed by atoms with E-state index in [-0.39, 0.29) is 17.0 Å². The molecule has 0 atom stereocenters. The van der Waals surface area contributed by atoms with Crippen LogP contribution in [0.4, 0.5) is 8.78 Å². The average molecular weight is 377 g/mol. The molecule has 0 fully saturated rings. The molecule has 1 heterocycles. The maximum absolute atomic E-state index is 13.4. The van der Waals surface area contributed by atoms with E-state index in [2.05, 4.69) is 9.71 Å². The van der Waals surface area contributed by atoms with Gasteiger partial charge in [-0.2, -0.15) is 0 Å². The van der Waals surface area contributed by atoms with Crippen molar-refractivity contribution in [3.8, 4) is 11.1 Å². The summed E-state index contributed by atoms with van der Waals surface area (Å²) in [6, 6.07) is 8.99. The fourth-order valence-corrected chi connectivity index (χ4v) is 3.53. The van der Waals surface area contributed by atoms with Crippen molar-refractivity contribution in [3.63, 3.8) is 0 Å². The number of hydrogen-bond donors (Lipinski definition) is 1. The third-order valence-electron chi connectivity index (χ3n) is 3.84. The lowest BCUT2D eigenvalue weighted by Gasteiger charge is -2.08. The molecule has 0 spiro atoms. The van der Waals surface area contributed by atoms with Crippen LogP contribution >= 0.6 is 0 Å². The minimum atomic E-state index is -3.79. The lowest BCUT2D eigenvalue weighted by molar-refractivity contribution is 0.580. The highest BCUT2D eigenvalue weighted by Gasteiger charge is 2.15. The van der Waals surface area contributed by atoms with E-state index in [4.69, 9.17) is 0 Å². The van der Waals surface area contributed by atoms with Gasteiger partial charge in [-0.25, -0.2) is 26.9 Å². The summed E-state index contributed by atoms with van der Waals surface area (Å²) in [5.41, 5.74) is 1.27. The Balaban J connectivity index is 1.83. The second-order valence-electron chi connectivity index (χ2n) is 5.71. The monoisotopic (exact) mass is 377 g/mol. The van der Waals surface area contributed by atoms with Gasteiger partial charge in [0, 0.05) is 18.8 Å². The normalized spacial score (nSPS) is 11.7. The summed E-state index contributed by atoms with van der Waals surface area (Å²) in [5, 5.41) is 0. The van der Waals surface area contributed by atoms with E-state index < -0.39 is 21.7 Å². The molecule has 1 aromatic heterocycles. The van der Waals surface area contributed by atoms with Gasteiger partial charge in [-0.3, -0.25) is 0 Å². The summed E-state index contributed by atoms with van der Waals surface area (Å²) in [4.78, 5) is 4.13. The van der Waals surface area contributed by atoms with E-state index in [9.17, 15) is 17.2 Å². The number of imidazole rings is 1. The van der Waals surface area contributed by atoms with Gasteiger partial charge in [0.2, 0.25) is 10.0 Å². The van der Waals surface area contributed by atoms with E-state index in [1.807, 2.05) is 11.5 Å². The third kappa shape index (κ3) is 4.14. The quantitative estimate of drug-likeness (QED) is 0.717. The van der Waals surface area contributed by atoms with Gasteiger partial charge >= 0.3 is 0 Å². The van der Waals surface area contributed by atoms with Gasteiger partial charge in [0.15, 0.2) is 0 Å². The van der Waals surface area contributed by atoms with Gasteiger partial charge in [-0.15, -0.1) is 0 Å². The molecule has 0 amide bonds. The molecule has 0 saturated heterocycles. The summed E-state index contributed by atoms with van der Waals surface area (Å²) in [6.45, 7) is 2.75. The molecular formula is C18H17F2N3O2S. The van der Waals surface area contributed by atoms with E-state index >= 15 is 0 Å². The minimum Gasteiger partial charge on any atom is -0.337 e. The highest BCUT2D eigenvalue weighted by Crippen LogP contribution is 2.24. The van der Waals surface area contributed by atoms with Gasteiger partial charge in [0.25, 0.3) is 0 Å². The number of benzene rings is 2. The average Bonchev–Trinajstić information content (AvgIpc) is 3.08. The molecule has 3 aromatic rings. The number of halogens is 2. The first-order valence-corrected chi connectivity index (χ1v) is 9.42. The smallest absolute Gasteiger partial charge is 0.240 e. The zero-order chi connectivity index (χ0) is 18.7. The first kappa shape index (κ1) is 18.2. The molecule has 8 heteroatoms. The summed E-state index contributed by atoms with van der Waals surface area (Å²) >= 11 is 0. The Labute approximate surface area is 150 Å². The molecule has 0 aliphatic rings. The number of aryl methyl sites for hydroxylation is 1. The van der Waals surface area contributed by atoms with E-state index in [1.165, 1.54) is 18.2 Å². The summed E-state index contributed by atoms with van der Waals surface area (Å²) in [5.74, 6) is -1.45. The van der Waals surface area contributed by atoms with Crippen LogP contribution in [0.5, 0.6) is 0 Å². The molecule has 0 saturated carbocycles. The molecule has 0 aliphatic heterocycles. The van der Waals surface area contributed by atoms with Gasteiger partial charge < -0.3 is 4.57 Å². The molecule has 136 valence electrons. The van der Waals surface area contributed by atoms with Gasteiger partial charge in [-0.1, -0.05) is 12.1 Å². The van der Waals surface area contributed by atoms with Crippen molar-refractivity contribution in [1.82, 2.24) is 14.3 Å². The van der Waals surface area contributed by atoms with Crippen LogP contribution in [-0.4, -0.2) is 18.0 Å². The SMILES string of the molecule is CCn1cnc(CNS(=O)(=O)c2cccc(-c3cc(F)cc(F)c3)c2)c1. The van der Waals surface area contributed by atoms with Gasteiger partial charge in [0.1, 0.15) is 11.6 Å². The Morgan fingerprint density at radius 2 is 1.81 bits per heavy atom. The molecule has 26 heavy (non-hydrogen) atoms. The topological polar surface area (TPSA) is 64.0 Å². The molecule has 0 aliphatic carbocycles. The Bertz CT molecular complexity index is 1010. The number of rotatable bonds is 6. The predicted molar refractivity (Wildman–Crippen MR) is 93.7 cm³/mol. The van der Waals surface area contributed by atoms with Crippen LogP contribution in [0.1, 0.15) is 12.6 Å². The van der Waals surface area contributed by atoms with Crippen LogP contribution < -0.4 is 4.72 Å². The standard InChI is InChI=1S/C18H17F2N3O2S/c1-2-23-11-17(21-12-23)10-22-26(24,25)18-5-3-4-13(8-18)14-6-15(19)9-16(20)7-14/h3-9,11-12,22H,2,10H2,1H3. The fraction of sp³-hybridized carbons (Fsp3) is 0.167. The first-order chi connectivity index (χ1) is 12.4. The third-order valence-corrected chi connectivity index (χ3v) is 5.23. The van der Waals surface area contributed by atoms with Crippen LogP contribution in [0.2, 0.25) is 0 Å². The zero-order valence-electron chi connectivity index (χ0n) is 14.0. The number of nitrogens with one attached hydrogen (secondary N) is 1. The Morgan fingerprint density at radius 1 is 1.08 bits per heavy atom. The summed E-state index contributed by atoms with van der Waals surface area (Å²) in [6.07, 6.45) is 3.39. The van der Waals surface area contributed by atoms with Crippen LogP contribution in [0, 0.1) is 11.6 Å². The second-order valence-corrected chi connectivity index (χ2v) is 7.47. The largest absolute Gasteiger partial charge is 0.337 e. The second kappa shape index (κ2) is 7.35. The summed E-state index contributed by atoms with van der Waals surface area (Å²) in [7, 11) is -3.79. The number of nitrogens with zero attached hydrogens (tertiary/aromatic N) is 2. The van der Waals surface area contributed by atoms with Crippen LogP contribution in [0.3, 0.4) is 0 Å². The summed E-state index contributed by atoms with van der Waals surface area (Å²) < 4.78 is 56.1. The van der Waals surface area contributed by atoms with E-state index in [0.29, 0.717) is 11.3 Å². The van der Waals surface area contributed by atoms with Crippen molar-refractivity contribution in [2.45, 2.75) is 24.9 Å². The highest BCUT2D eigenvalue weighted by atomic mass is 32.2. The lowest BCUT2D eigenvalue weighted by Crippen LogP contribution is -2.23. The maximum Gasteiger partial charge on any atom is 0.240 e. The van der Waals surface area contributed by atoms with Crippen LogP contribution in [-0.2, 0) is 23.1 Å². The number of hydrogen-bond acceptors (Lipinski definition) is 3. The lowest BCUT2D eigenvalue weighted by atomic mass is 10.1. The molecule has 0 radical (unpaired) electrons. The van der Waals surface area contributed by atoms with Crippen molar-refractivity contribution < 1.29 is 17.2 Å². The molecule has 2 aromatic carbocycles. The molecule has 0 unspecified atom stereocenters. The molecule has 3 rings (SSSR count). The molecule has 1 N–H and O–H groups in total. The van der Waals surface area contributed by atoms with Crippen molar-refractivity contribution in [1.29, 1.82) is 0 Å². The predicted octanol–water partition coefficient (Wildman–Crippen LogP) is 3.33. The van der Waals surface area contributed by atoms with Crippen molar-refractivity contribution in [2.24, 2.45) is 0 Å². The fourth-order valence-electron chi connectivity index (χ4n) is 2.49. The van der Waals surface area contributed by atoms with Crippen LogP contribution in [0.25, 0.3) is 11.1 Å². The van der Waals surface area contributed by atoms with Crippen molar-refractivity contribution in [3.05, 3.63) is 72.3 Å². The van der Waals surface area contributed by atoms with E-state index in [1.54, 1.807) is 18.6 Å². The van der Waals surface area contributed by atoms with Crippen molar-refractivity contribution in [2.75, 3.05) is 0 Å². The highest BCUT2D eigenvalue weighted by molar-refractivity contribution is 7.89. The number of sulfonamides is 1. The zero-order valence-corrected chi connectivity index (χ0v) is 14.8. The Morgan fingerprint density at radius 3 is 2.46 bits per heavy atom. The van der Waals surface area contributed by atoms with Gasteiger partial charge in [-0.05, 0) is 42.3 Å². The Kier molecular flexibility index (Phi) is 5.15. The Hall–Kier alpha value is -2.58. The first-order valence-electron chi connectivity index (χ1n) is 7.94. The molecule has 5 nitrogen and oxygen atoms in total. The maximum atomic E-state index is 13.4.